The highest BCUT2D eigenvalue weighted by molar-refractivity contribution is 14.1. The Morgan fingerprint density at radius 1 is 0.854 bits per heavy atom. The molecule has 0 spiro atoms. The zero-order valence-corrected chi connectivity index (χ0v) is 24.6. The molecule has 41 heavy (non-hydrogen) atoms. The van der Waals surface area contributed by atoms with Crippen LogP contribution in [0.1, 0.15) is 22.3 Å². The molecule has 9 heteroatoms. The van der Waals surface area contributed by atoms with Gasteiger partial charge in [0.1, 0.15) is 5.70 Å². The average Bonchev–Trinajstić information content (AvgIpc) is 3.26. The fourth-order valence-electron chi connectivity index (χ4n) is 4.23. The Morgan fingerprint density at radius 3 is 2.24 bits per heavy atom. The third-order valence-corrected chi connectivity index (χ3v) is 8.10. The number of nitrogens with one attached hydrogen (secondary N) is 2. The number of amides is 4. The van der Waals surface area contributed by atoms with E-state index in [2.05, 4.69) is 33.2 Å². The van der Waals surface area contributed by atoms with Crippen LogP contribution in [0.4, 0.5) is 11.4 Å². The maximum Gasteiger partial charge on any atom is 0.272 e. The molecule has 4 aromatic rings. The van der Waals surface area contributed by atoms with Crippen molar-refractivity contribution in [1.82, 2.24) is 5.32 Å². The van der Waals surface area contributed by atoms with Gasteiger partial charge in [-0.1, -0.05) is 54.6 Å². The van der Waals surface area contributed by atoms with Crippen LogP contribution in [0.2, 0.25) is 0 Å². The highest BCUT2D eigenvalue weighted by atomic mass is 127. The Labute approximate surface area is 255 Å². The first-order valence-electron chi connectivity index (χ1n) is 12.7. The molecule has 4 aromatic carbocycles. The number of carbonyl (C=O) groups excluding carboxylic acids is 4. The first-order valence-corrected chi connectivity index (χ1v) is 14.7. The predicted octanol–water partition coefficient (Wildman–Crippen LogP) is 6.13. The second-order valence-electron chi connectivity index (χ2n) is 9.13. The van der Waals surface area contributed by atoms with Crippen LogP contribution in [0.3, 0.4) is 0 Å². The molecular weight excluding hydrogens is 649 g/mol. The number of halogens is 1. The third-order valence-electron chi connectivity index (χ3n) is 6.20. The molecule has 1 atom stereocenters. The van der Waals surface area contributed by atoms with E-state index in [0.717, 1.165) is 14.0 Å². The van der Waals surface area contributed by atoms with Crippen LogP contribution in [0, 0.1) is 3.57 Å². The summed E-state index contributed by atoms with van der Waals surface area (Å²) >= 11 is 3.45. The molecule has 0 unspecified atom stereocenters. The van der Waals surface area contributed by atoms with Gasteiger partial charge in [0, 0.05) is 26.1 Å². The molecule has 0 aromatic heterocycles. The standard InChI is InChI=1S/C32H24IN3O4S/c33-23-14-16-25(17-15-23)36-29(37)20-28(32(36)40)41-26-13-7-12-24(19-26)34-31(39)27(18-21-8-3-1-4-9-21)35-30(38)22-10-5-2-6-11-22/h1-19,28H,20H2,(H,34,39)(H,35,38)/b27-18-/t28-/m1/s1. The van der Waals surface area contributed by atoms with Crippen LogP contribution in [-0.4, -0.2) is 28.9 Å². The molecule has 0 saturated carbocycles. The maximum atomic E-state index is 13.4. The largest absolute Gasteiger partial charge is 0.321 e. The van der Waals surface area contributed by atoms with E-state index in [1.54, 1.807) is 60.7 Å². The van der Waals surface area contributed by atoms with Crippen molar-refractivity contribution in [2.75, 3.05) is 10.2 Å². The quantitative estimate of drug-likeness (QED) is 0.134. The van der Waals surface area contributed by atoms with Gasteiger partial charge >= 0.3 is 0 Å². The van der Waals surface area contributed by atoms with Gasteiger partial charge in [0.2, 0.25) is 11.8 Å². The second kappa shape index (κ2) is 13.0. The molecule has 1 fully saturated rings. The summed E-state index contributed by atoms with van der Waals surface area (Å²) in [6, 6.07) is 32.1. The Balaban J connectivity index is 1.31. The summed E-state index contributed by atoms with van der Waals surface area (Å²) in [6.07, 6.45) is 1.69. The molecule has 4 amide bonds. The van der Waals surface area contributed by atoms with Gasteiger partial charge in [0.15, 0.2) is 0 Å². The highest BCUT2D eigenvalue weighted by Crippen LogP contribution is 2.35. The van der Waals surface area contributed by atoms with Gasteiger partial charge in [-0.3, -0.25) is 19.2 Å². The zero-order chi connectivity index (χ0) is 28.8. The summed E-state index contributed by atoms with van der Waals surface area (Å²) in [5.41, 5.74) is 2.29. The number of nitrogens with zero attached hydrogens (tertiary/aromatic N) is 1. The zero-order valence-electron chi connectivity index (χ0n) is 21.6. The van der Waals surface area contributed by atoms with E-state index < -0.39 is 17.1 Å². The SMILES string of the molecule is O=C(Nc1cccc(S[C@@H]2CC(=O)N(c3ccc(I)cc3)C2=O)c1)/C(=C/c1ccccc1)NC(=O)c1ccccc1. The Kier molecular flexibility index (Phi) is 8.95. The van der Waals surface area contributed by atoms with Crippen molar-refractivity contribution in [2.24, 2.45) is 0 Å². The summed E-state index contributed by atoms with van der Waals surface area (Å²) in [4.78, 5) is 54.0. The molecule has 0 aliphatic carbocycles. The van der Waals surface area contributed by atoms with Crippen LogP contribution in [0.25, 0.3) is 6.08 Å². The minimum atomic E-state index is -0.577. The molecule has 0 radical (unpaired) electrons. The van der Waals surface area contributed by atoms with Crippen LogP contribution >= 0.6 is 34.4 Å². The van der Waals surface area contributed by atoms with Crippen LogP contribution in [0.15, 0.2) is 120 Å². The van der Waals surface area contributed by atoms with Gasteiger partial charge in [0.25, 0.3) is 11.8 Å². The van der Waals surface area contributed by atoms with Crippen molar-refractivity contribution in [2.45, 2.75) is 16.6 Å². The molecule has 7 nitrogen and oxygen atoms in total. The molecule has 1 saturated heterocycles. The van der Waals surface area contributed by atoms with Crippen LogP contribution in [0.5, 0.6) is 0 Å². The maximum absolute atomic E-state index is 13.4. The number of imide groups is 1. The van der Waals surface area contributed by atoms with Crippen molar-refractivity contribution in [3.05, 3.63) is 130 Å². The Hall–Kier alpha value is -4.22. The van der Waals surface area contributed by atoms with E-state index in [1.165, 1.54) is 16.7 Å². The molecule has 2 N–H and O–H groups in total. The number of rotatable bonds is 8. The lowest BCUT2D eigenvalue weighted by molar-refractivity contribution is -0.121. The topological polar surface area (TPSA) is 95.6 Å². The van der Waals surface area contributed by atoms with E-state index in [9.17, 15) is 19.2 Å². The summed E-state index contributed by atoms with van der Waals surface area (Å²) in [5.74, 6) is -1.43. The average molecular weight is 674 g/mol. The minimum Gasteiger partial charge on any atom is -0.321 e. The third kappa shape index (κ3) is 7.11. The normalized spacial score (nSPS) is 15.1. The summed E-state index contributed by atoms with van der Waals surface area (Å²) < 4.78 is 1.01. The molecule has 204 valence electrons. The lowest BCUT2D eigenvalue weighted by Gasteiger charge is -2.15. The molecular formula is C32H24IN3O4S. The van der Waals surface area contributed by atoms with E-state index >= 15 is 0 Å². The van der Waals surface area contributed by atoms with Crippen molar-refractivity contribution in [3.8, 4) is 0 Å². The number of anilines is 2. The first-order chi connectivity index (χ1) is 19.9. The van der Waals surface area contributed by atoms with E-state index in [1.807, 2.05) is 54.6 Å². The predicted molar refractivity (Wildman–Crippen MR) is 169 cm³/mol. The molecule has 5 rings (SSSR count). The lowest BCUT2D eigenvalue weighted by Crippen LogP contribution is -2.31. The monoisotopic (exact) mass is 673 g/mol. The van der Waals surface area contributed by atoms with E-state index in [4.69, 9.17) is 0 Å². The first kappa shape index (κ1) is 28.3. The van der Waals surface area contributed by atoms with E-state index in [0.29, 0.717) is 16.9 Å². The van der Waals surface area contributed by atoms with E-state index in [-0.39, 0.29) is 23.9 Å². The fraction of sp³-hybridized carbons (Fsp3) is 0.0625. The van der Waals surface area contributed by atoms with Gasteiger partial charge in [-0.25, -0.2) is 4.90 Å². The van der Waals surface area contributed by atoms with Crippen molar-refractivity contribution < 1.29 is 19.2 Å². The Bertz CT molecular complexity index is 1630. The molecule has 1 aliphatic rings. The van der Waals surface area contributed by atoms with Crippen molar-refractivity contribution in [3.63, 3.8) is 0 Å². The van der Waals surface area contributed by atoms with Crippen LogP contribution < -0.4 is 15.5 Å². The van der Waals surface area contributed by atoms with Crippen molar-refractivity contribution >= 4 is 75.4 Å². The van der Waals surface area contributed by atoms with Crippen molar-refractivity contribution in [1.29, 1.82) is 0 Å². The van der Waals surface area contributed by atoms with Gasteiger partial charge in [-0.2, -0.15) is 0 Å². The molecule has 1 heterocycles. The number of hydrogen-bond acceptors (Lipinski definition) is 5. The van der Waals surface area contributed by atoms with Gasteiger partial charge in [-0.05, 0) is 88.8 Å². The second-order valence-corrected chi connectivity index (χ2v) is 11.6. The fourth-order valence-corrected chi connectivity index (χ4v) is 5.70. The van der Waals surface area contributed by atoms with Gasteiger partial charge in [-0.15, -0.1) is 11.8 Å². The number of thioether (sulfide) groups is 1. The van der Waals surface area contributed by atoms with Crippen LogP contribution in [-0.2, 0) is 14.4 Å². The molecule has 0 bridgehead atoms. The summed E-state index contributed by atoms with van der Waals surface area (Å²) in [5, 5.41) is 5.00. The number of carbonyl (C=O) groups is 4. The number of hydrogen-bond donors (Lipinski definition) is 2. The number of benzene rings is 4. The lowest BCUT2D eigenvalue weighted by atomic mass is 10.1. The molecule has 1 aliphatic heterocycles. The summed E-state index contributed by atoms with van der Waals surface area (Å²) in [6.45, 7) is 0. The smallest absolute Gasteiger partial charge is 0.272 e. The minimum absolute atomic E-state index is 0.0767. The summed E-state index contributed by atoms with van der Waals surface area (Å²) in [7, 11) is 0. The van der Waals surface area contributed by atoms with Gasteiger partial charge < -0.3 is 10.6 Å². The van der Waals surface area contributed by atoms with Gasteiger partial charge in [0.05, 0.1) is 10.9 Å². The highest BCUT2D eigenvalue weighted by Gasteiger charge is 2.40. The Morgan fingerprint density at radius 2 is 1.54 bits per heavy atom.